The van der Waals surface area contributed by atoms with E-state index in [1.165, 1.54) is 12.3 Å². The molecule has 0 spiro atoms. The van der Waals surface area contributed by atoms with Crippen LogP contribution in [0.5, 0.6) is 11.5 Å². The Morgan fingerprint density at radius 2 is 1.77 bits per heavy atom. The minimum Gasteiger partial charge on any atom is -0.457 e. The summed E-state index contributed by atoms with van der Waals surface area (Å²) in [6.45, 7) is 4.66. The van der Waals surface area contributed by atoms with Crippen molar-refractivity contribution in [2.75, 3.05) is 30.3 Å². The number of rotatable bonds is 8. The lowest BCUT2D eigenvalue weighted by atomic mass is 10.2. The topological polar surface area (TPSA) is 95.6 Å². The smallest absolute Gasteiger partial charge is 0.417 e. The van der Waals surface area contributed by atoms with E-state index in [4.69, 9.17) is 16.3 Å². The number of likely N-dealkylation sites (tertiary alicyclic amines) is 1. The summed E-state index contributed by atoms with van der Waals surface area (Å²) in [7, 11) is 0. The van der Waals surface area contributed by atoms with Gasteiger partial charge in [0.1, 0.15) is 17.2 Å². The van der Waals surface area contributed by atoms with E-state index in [0.29, 0.717) is 29.8 Å². The van der Waals surface area contributed by atoms with E-state index >= 15 is 0 Å². The van der Waals surface area contributed by atoms with E-state index in [2.05, 4.69) is 32.8 Å². The largest absolute Gasteiger partial charge is 0.457 e. The van der Waals surface area contributed by atoms with Gasteiger partial charge in [-0.05, 0) is 74.5 Å². The summed E-state index contributed by atoms with van der Waals surface area (Å²) < 4.78 is 44.9. The molecule has 2 heterocycles. The van der Waals surface area contributed by atoms with Crippen LogP contribution in [-0.4, -0.2) is 47.5 Å². The number of benzene rings is 2. The van der Waals surface area contributed by atoms with Crippen LogP contribution in [0.2, 0.25) is 5.02 Å². The van der Waals surface area contributed by atoms with E-state index in [0.717, 1.165) is 38.1 Å². The van der Waals surface area contributed by atoms with Crippen molar-refractivity contribution >= 4 is 34.9 Å². The standard InChI is InChI=1S/C27H27ClF3N5O3/c1-2-36-13-3-4-19(36)16-33-25(37)24-15-21(11-12-32-24)39-20-8-5-17(6-9-20)34-26(38)35-18-7-10-23(28)22(14-18)27(29,30)31/h5-12,14-15,19H,2-4,13,16H2,1H3,(H,33,37)(H2,34,35,38). The van der Waals surface area contributed by atoms with Gasteiger partial charge in [-0.2, -0.15) is 13.2 Å². The van der Waals surface area contributed by atoms with Gasteiger partial charge in [0.2, 0.25) is 0 Å². The summed E-state index contributed by atoms with van der Waals surface area (Å²) in [5.41, 5.74) is -0.489. The Hall–Kier alpha value is -3.83. The third-order valence-corrected chi connectivity index (χ3v) is 6.57. The molecule has 39 heavy (non-hydrogen) atoms. The van der Waals surface area contributed by atoms with Crippen LogP contribution in [0.4, 0.5) is 29.3 Å². The molecule has 1 atom stereocenters. The Morgan fingerprint density at radius 3 is 2.49 bits per heavy atom. The van der Waals surface area contributed by atoms with Gasteiger partial charge in [0.25, 0.3) is 5.91 Å². The molecular formula is C27H27ClF3N5O3. The summed E-state index contributed by atoms with van der Waals surface area (Å²) in [6.07, 6.45) is -0.983. The first-order valence-corrected chi connectivity index (χ1v) is 12.7. The van der Waals surface area contributed by atoms with E-state index in [1.807, 2.05) is 0 Å². The van der Waals surface area contributed by atoms with Gasteiger partial charge < -0.3 is 20.7 Å². The maximum absolute atomic E-state index is 13.0. The number of halogens is 4. The normalized spacial score (nSPS) is 15.6. The van der Waals surface area contributed by atoms with Gasteiger partial charge >= 0.3 is 12.2 Å². The van der Waals surface area contributed by atoms with Crippen molar-refractivity contribution in [3.8, 4) is 11.5 Å². The van der Waals surface area contributed by atoms with E-state index in [9.17, 15) is 22.8 Å². The number of pyridine rings is 1. The summed E-state index contributed by atoms with van der Waals surface area (Å²) in [5, 5.41) is 7.37. The molecule has 1 saturated heterocycles. The summed E-state index contributed by atoms with van der Waals surface area (Å²) in [4.78, 5) is 31.4. The lowest BCUT2D eigenvalue weighted by molar-refractivity contribution is -0.137. The fourth-order valence-corrected chi connectivity index (χ4v) is 4.52. The van der Waals surface area contributed by atoms with Gasteiger partial charge in [-0.1, -0.05) is 18.5 Å². The number of alkyl halides is 3. The second-order valence-electron chi connectivity index (χ2n) is 8.91. The molecule has 1 aliphatic rings. The summed E-state index contributed by atoms with van der Waals surface area (Å²) in [6, 6.07) is 12.2. The number of aromatic nitrogens is 1. The number of hydrogen-bond donors (Lipinski definition) is 3. The Morgan fingerprint density at radius 1 is 1.05 bits per heavy atom. The van der Waals surface area contributed by atoms with Crippen LogP contribution in [0.1, 0.15) is 35.8 Å². The number of urea groups is 1. The van der Waals surface area contributed by atoms with Gasteiger partial charge in [0.05, 0.1) is 10.6 Å². The summed E-state index contributed by atoms with van der Waals surface area (Å²) >= 11 is 5.61. The molecule has 1 unspecified atom stereocenters. The molecule has 2 aromatic carbocycles. The maximum atomic E-state index is 13.0. The molecule has 3 aromatic rings. The van der Waals surface area contributed by atoms with Crippen molar-refractivity contribution in [3.63, 3.8) is 0 Å². The number of carbonyl (C=O) groups is 2. The lowest BCUT2D eigenvalue weighted by Gasteiger charge is -2.22. The highest BCUT2D eigenvalue weighted by atomic mass is 35.5. The van der Waals surface area contributed by atoms with Crippen molar-refractivity contribution in [1.29, 1.82) is 0 Å². The second kappa shape index (κ2) is 12.4. The first-order chi connectivity index (χ1) is 18.6. The van der Waals surface area contributed by atoms with Crippen LogP contribution in [0.25, 0.3) is 0 Å². The van der Waals surface area contributed by atoms with E-state index in [-0.39, 0.29) is 17.3 Å². The SMILES string of the molecule is CCN1CCCC1CNC(=O)c1cc(Oc2ccc(NC(=O)Nc3ccc(Cl)c(C(F)(F)F)c3)cc2)ccn1. The third-order valence-electron chi connectivity index (χ3n) is 6.25. The highest BCUT2D eigenvalue weighted by Crippen LogP contribution is 2.36. The van der Waals surface area contributed by atoms with Crippen LogP contribution < -0.4 is 20.7 Å². The van der Waals surface area contributed by atoms with Gasteiger partial charge in [-0.3, -0.25) is 14.7 Å². The van der Waals surface area contributed by atoms with Crippen LogP contribution in [-0.2, 0) is 6.18 Å². The Labute approximate surface area is 228 Å². The molecular weight excluding hydrogens is 535 g/mol. The zero-order valence-electron chi connectivity index (χ0n) is 21.0. The zero-order valence-corrected chi connectivity index (χ0v) is 21.8. The number of nitrogens with one attached hydrogen (secondary N) is 3. The number of anilines is 2. The predicted molar refractivity (Wildman–Crippen MR) is 142 cm³/mol. The number of likely N-dealkylation sites (N-methyl/N-ethyl adjacent to an activating group) is 1. The molecule has 1 fully saturated rings. The number of ether oxygens (including phenoxy) is 1. The van der Waals surface area contributed by atoms with Gasteiger partial charge in [-0.25, -0.2) is 4.79 Å². The fourth-order valence-electron chi connectivity index (χ4n) is 4.30. The highest BCUT2D eigenvalue weighted by molar-refractivity contribution is 6.31. The molecule has 4 rings (SSSR count). The highest BCUT2D eigenvalue weighted by Gasteiger charge is 2.33. The number of amides is 3. The number of nitrogens with zero attached hydrogens (tertiary/aromatic N) is 2. The second-order valence-corrected chi connectivity index (χ2v) is 9.32. The zero-order chi connectivity index (χ0) is 28.0. The van der Waals surface area contributed by atoms with Gasteiger partial charge in [0.15, 0.2) is 0 Å². The monoisotopic (exact) mass is 561 g/mol. The molecule has 0 bridgehead atoms. The van der Waals surface area contributed by atoms with Crippen molar-refractivity contribution < 1.29 is 27.5 Å². The number of carbonyl (C=O) groups excluding carboxylic acids is 2. The van der Waals surface area contributed by atoms with Crippen molar-refractivity contribution in [2.24, 2.45) is 0 Å². The molecule has 8 nitrogen and oxygen atoms in total. The Kier molecular flexibility index (Phi) is 8.93. The Balaban J connectivity index is 1.31. The quantitative estimate of drug-likeness (QED) is 0.296. The van der Waals surface area contributed by atoms with Crippen LogP contribution >= 0.6 is 11.6 Å². The molecule has 3 amide bonds. The van der Waals surface area contributed by atoms with E-state index < -0.39 is 22.8 Å². The molecule has 3 N–H and O–H groups in total. The van der Waals surface area contributed by atoms with Gasteiger partial charge in [-0.15, -0.1) is 0 Å². The first-order valence-electron chi connectivity index (χ1n) is 12.3. The lowest BCUT2D eigenvalue weighted by Crippen LogP contribution is -2.40. The van der Waals surface area contributed by atoms with Crippen molar-refractivity contribution in [3.05, 3.63) is 77.1 Å². The molecule has 1 aromatic heterocycles. The molecule has 206 valence electrons. The predicted octanol–water partition coefficient (Wildman–Crippen LogP) is 6.40. The molecule has 1 aliphatic heterocycles. The van der Waals surface area contributed by atoms with Gasteiger partial charge in [0, 0.05) is 36.2 Å². The van der Waals surface area contributed by atoms with Crippen LogP contribution in [0.15, 0.2) is 60.8 Å². The average molecular weight is 562 g/mol. The molecule has 0 radical (unpaired) electrons. The molecule has 12 heteroatoms. The number of hydrogen-bond acceptors (Lipinski definition) is 5. The average Bonchev–Trinajstić information content (AvgIpc) is 3.37. The van der Waals surface area contributed by atoms with E-state index in [1.54, 1.807) is 36.4 Å². The van der Waals surface area contributed by atoms with Crippen LogP contribution in [0.3, 0.4) is 0 Å². The third kappa shape index (κ3) is 7.61. The minimum absolute atomic E-state index is 0.0624. The first kappa shape index (κ1) is 28.2. The van der Waals surface area contributed by atoms with Crippen molar-refractivity contribution in [1.82, 2.24) is 15.2 Å². The fraction of sp³-hybridized carbons (Fsp3) is 0.296. The van der Waals surface area contributed by atoms with Crippen molar-refractivity contribution in [2.45, 2.75) is 32.0 Å². The maximum Gasteiger partial charge on any atom is 0.417 e. The molecule has 0 saturated carbocycles. The van der Waals surface area contributed by atoms with Crippen LogP contribution in [0, 0.1) is 0 Å². The Bertz CT molecular complexity index is 1320. The summed E-state index contributed by atoms with van der Waals surface area (Å²) in [5.74, 6) is 0.570. The minimum atomic E-state index is -4.65. The molecule has 0 aliphatic carbocycles.